The molecule has 0 saturated heterocycles. The van der Waals surface area contributed by atoms with Gasteiger partial charge in [-0.1, -0.05) is 29.8 Å². The number of carbonyl (C=O) groups excluding carboxylic acids is 1. The topological polar surface area (TPSA) is 52.9 Å². The van der Waals surface area contributed by atoms with Crippen molar-refractivity contribution in [3.8, 4) is 17.2 Å². The summed E-state index contributed by atoms with van der Waals surface area (Å²) in [5, 5.41) is 12.6. The Hall–Kier alpha value is -2.31. The second kappa shape index (κ2) is 5.23. The number of fused-ring (bicyclic) bond motifs is 1. The second-order valence-electron chi connectivity index (χ2n) is 5.15. The fraction of sp³-hybridized carbons (Fsp3) is 0.176. The molecule has 0 spiro atoms. The zero-order chi connectivity index (χ0) is 15.0. The number of nitriles is 1. The van der Waals surface area contributed by atoms with Crippen LogP contribution in [-0.2, 0) is 11.2 Å². The molecular weight excluding hydrogens is 284 g/mol. The Morgan fingerprint density at radius 1 is 1.33 bits per heavy atom. The Kier molecular flexibility index (Phi) is 3.40. The van der Waals surface area contributed by atoms with Crippen LogP contribution in [0.5, 0.6) is 0 Å². The third-order valence-electron chi connectivity index (χ3n) is 3.73. The van der Waals surface area contributed by atoms with Crippen molar-refractivity contribution in [3.63, 3.8) is 0 Å². The quantitative estimate of drug-likeness (QED) is 0.906. The number of hydrogen-bond donors (Lipinski definition) is 1. The summed E-state index contributed by atoms with van der Waals surface area (Å²) in [5.41, 5.74) is 4.53. The number of amides is 1. The summed E-state index contributed by atoms with van der Waals surface area (Å²) >= 11 is 6.35. The molecule has 1 atom stereocenters. The van der Waals surface area contributed by atoms with Crippen molar-refractivity contribution in [2.24, 2.45) is 0 Å². The summed E-state index contributed by atoms with van der Waals surface area (Å²) in [6, 6.07) is 13.6. The predicted molar refractivity (Wildman–Crippen MR) is 83.2 cm³/mol. The molecule has 0 radical (unpaired) electrons. The molecule has 1 aliphatic rings. The molecule has 0 aromatic heterocycles. The van der Waals surface area contributed by atoms with Crippen LogP contribution in [0.3, 0.4) is 0 Å². The largest absolute Gasteiger partial charge is 0.326 e. The second-order valence-corrected chi connectivity index (χ2v) is 5.56. The SMILES string of the molecule is CC(C#N)c1cccc(Cl)c1-c1ccc2c(c1)CC(=O)N2. The molecule has 1 unspecified atom stereocenters. The third kappa shape index (κ3) is 2.39. The lowest BCUT2D eigenvalue weighted by atomic mass is 9.91. The van der Waals surface area contributed by atoms with Crippen LogP contribution >= 0.6 is 11.6 Å². The van der Waals surface area contributed by atoms with E-state index in [0.29, 0.717) is 11.4 Å². The van der Waals surface area contributed by atoms with E-state index >= 15 is 0 Å². The maximum atomic E-state index is 11.5. The summed E-state index contributed by atoms with van der Waals surface area (Å²) in [5.74, 6) is -0.237. The van der Waals surface area contributed by atoms with Gasteiger partial charge in [0, 0.05) is 16.3 Å². The Morgan fingerprint density at radius 3 is 2.90 bits per heavy atom. The Bertz CT molecular complexity index is 777. The lowest BCUT2D eigenvalue weighted by Gasteiger charge is -2.14. The van der Waals surface area contributed by atoms with Crippen LogP contribution in [-0.4, -0.2) is 5.91 Å². The number of carbonyl (C=O) groups is 1. The monoisotopic (exact) mass is 296 g/mol. The Morgan fingerprint density at radius 2 is 2.14 bits per heavy atom. The minimum absolute atomic E-state index is 0.00641. The minimum Gasteiger partial charge on any atom is -0.326 e. The van der Waals surface area contributed by atoms with Crippen molar-refractivity contribution in [2.75, 3.05) is 5.32 Å². The highest BCUT2D eigenvalue weighted by atomic mass is 35.5. The fourth-order valence-electron chi connectivity index (χ4n) is 2.66. The van der Waals surface area contributed by atoms with Gasteiger partial charge in [0.05, 0.1) is 18.4 Å². The van der Waals surface area contributed by atoms with Gasteiger partial charge in [-0.3, -0.25) is 4.79 Å². The van der Waals surface area contributed by atoms with E-state index in [0.717, 1.165) is 27.9 Å². The van der Waals surface area contributed by atoms with E-state index in [1.54, 1.807) is 0 Å². The van der Waals surface area contributed by atoms with Gasteiger partial charge in [-0.05, 0) is 41.8 Å². The van der Waals surface area contributed by atoms with Crippen molar-refractivity contribution in [3.05, 3.63) is 52.5 Å². The molecule has 3 rings (SSSR count). The zero-order valence-electron chi connectivity index (χ0n) is 11.5. The first-order valence-corrected chi connectivity index (χ1v) is 7.09. The molecular formula is C17H13ClN2O. The van der Waals surface area contributed by atoms with Gasteiger partial charge in [-0.15, -0.1) is 0 Å². The van der Waals surface area contributed by atoms with E-state index in [1.807, 2.05) is 43.3 Å². The van der Waals surface area contributed by atoms with Gasteiger partial charge in [-0.25, -0.2) is 0 Å². The van der Waals surface area contributed by atoms with Gasteiger partial charge >= 0.3 is 0 Å². The molecule has 0 bridgehead atoms. The van der Waals surface area contributed by atoms with Crippen molar-refractivity contribution in [2.45, 2.75) is 19.3 Å². The summed E-state index contributed by atoms with van der Waals surface area (Å²) < 4.78 is 0. The maximum absolute atomic E-state index is 11.5. The molecule has 3 nitrogen and oxygen atoms in total. The first-order valence-electron chi connectivity index (χ1n) is 6.71. The lowest BCUT2D eigenvalue weighted by Crippen LogP contribution is -2.03. The number of anilines is 1. The number of benzene rings is 2. The lowest BCUT2D eigenvalue weighted by molar-refractivity contribution is -0.115. The van der Waals surface area contributed by atoms with Crippen LogP contribution < -0.4 is 5.32 Å². The van der Waals surface area contributed by atoms with E-state index in [9.17, 15) is 10.1 Å². The molecule has 2 aromatic carbocycles. The van der Waals surface area contributed by atoms with Crippen LogP contribution in [0, 0.1) is 11.3 Å². The average Bonchev–Trinajstić information content (AvgIpc) is 2.85. The summed E-state index contributed by atoms with van der Waals surface area (Å²) in [6.45, 7) is 1.85. The van der Waals surface area contributed by atoms with E-state index in [1.165, 1.54) is 0 Å². The summed E-state index contributed by atoms with van der Waals surface area (Å²) in [7, 11) is 0. The van der Waals surface area contributed by atoms with E-state index < -0.39 is 0 Å². The average molecular weight is 297 g/mol. The van der Waals surface area contributed by atoms with Gasteiger partial charge in [0.1, 0.15) is 0 Å². The highest BCUT2D eigenvalue weighted by Gasteiger charge is 2.20. The van der Waals surface area contributed by atoms with Crippen molar-refractivity contribution in [1.82, 2.24) is 0 Å². The molecule has 1 aliphatic heterocycles. The molecule has 1 N–H and O–H groups in total. The molecule has 104 valence electrons. The van der Waals surface area contributed by atoms with Crippen molar-refractivity contribution >= 4 is 23.2 Å². The van der Waals surface area contributed by atoms with Crippen LogP contribution in [0.15, 0.2) is 36.4 Å². The Labute approximate surface area is 128 Å². The fourth-order valence-corrected chi connectivity index (χ4v) is 2.95. The number of nitrogens with one attached hydrogen (secondary N) is 1. The van der Waals surface area contributed by atoms with Gasteiger partial charge in [-0.2, -0.15) is 5.26 Å². The molecule has 1 heterocycles. The number of halogens is 1. The molecule has 0 aliphatic carbocycles. The molecule has 0 saturated carbocycles. The normalized spacial score (nSPS) is 14.2. The zero-order valence-corrected chi connectivity index (χ0v) is 12.2. The summed E-state index contributed by atoms with van der Waals surface area (Å²) in [4.78, 5) is 11.5. The van der Waals surface area contributed by atoms with Crippen LogP contribution in [0.2, 0.25) is 5.02 Å². The molecule has 1 amide bonds. The van der Waals surface area contributed by atoms with E-state index in [-0.39, 0.29) is 11.8 Å². The molecule has 21 heavy (non-hydrogen) atoms. The number of nitrogens with zero attached hydrogens (tertiary/aromatic N) is 1. The van der Waals surface area contributed by atoms with Crippen molar-refractivity contribution < 1.29 is 4.79 Å². The molecule has 4 heteroatoms. The van der Waals surface area contributed by atoms with E-state index in [4.69, 9.17) is 11.6 Å². The molecule has 2 aromatic rings. The number of rotatable bonds is 2. The van der Waals surface area contributed by atoms with Gasteiger partial charge in [0.2, 0.25) is 5.91 Å². The van der Waals surface area contributed by atoms with Crippen LogP contribution in [0.4, 0.5) is 5.69 Å². The minimum atomic E-state index is -0.244. The van der Waals surface area contributed by atoms with Gasteiger partial charge in [0.25, 0.3) is 0 Å². The van der Waals surface area contributed by atoms with E-state index in [2.05, 4.69) is 11.4 Å². The van der Waals surface area contributed by atoms with Crippen LogP contribution in [0.25, 0.3) is 11.1 Å². The Balaban J connectivity index is 2.16. The standard InChI is InChI=1S/C17H13ClN2O/c1-10(9-19)13-3-2-4-14(18)17(13)11-5-6-15-12(7-11)8-16(21)20-15/h2-7,10H,8H2,1H3,(H,20,21). The first-order chi connectivity index (χ1) is 10.1. The smallest absolute Gasteiger partial charge is 0.228 e. The maximum Gasteiger partial charge on any atom is 0.228 e. The predicted octanol–water partition coefficient (Wildman–Crippen LogP) is 4.13. The molecule has 0 fully saturated rings. The number of hydrogen-bond acceptors (Lipinski definition) is 2. The van der Waals surface area contributed by atoms with Gasteiger partial charge < -0.3 is 5.32 Å². The van der Waals surface area contributed by atoms with Crippen LogP contribution in [0.1, 0.15) is 24.0 Å². The first kappa shape index (κ1) is 13.7. The summed E-state index contributed by atoms with van der Waals surface area (Å²) in [6.07, 6.45) is 0.386. The third-order valence-corrected chi connectivity index (χ3v) is 4.04. The highest BCUT2D eigenvalue weighted by Crippen LogP contribution is 2.37. The van der Waals surface area contributed by atoms with Gasteiger partial charge in [0.15, 0.2) is 0 Å². The highest BCUT2D eigenvalue weighted by molar-refractivity contribution is 6.33. The van der Waals surface area contributed by atoms with Crippen molar-refractivity contribution in [1.29, 1.82) is 5.26 Å².